The first-order valence-corrected chi connectivity index (χ1v) is 36.3. The highest BCUT2D eigenvalue weighted by Crippen LogP contribution is 2.24. The van der Waals surface area contributed by atoms with Crippen molar-refractivity contribution < 1.29 is 72.2 Å². The highest BCUT2D eigenvalue weighted by atomic mass is 33.1. The predicted molar refractivity (Wildman–Crippen MR) is 389 cm³/mol. The number of aliphatic hydroxyl groups is 1. The summed E-state index contributed by atoms with van der Waals surface area (Å²) >= 11 is 0. The first kappa shape index (κ1) is 88.3. The zero-order chi connectivity index (χ0) is 77.3. The first-order valence-electron chi connectivity index (χ1n) is 33.8. The summed E-state index contributed by atoms with van der Waals surface area (Å²) in [5.41, 5.74) is 46.6. The molecule has 2 aromatic rings. The monoisotopic (exact) mass is 1500 g/mol. The third-order valence-corrected chi connectivity index (χ3v) is 18.0. The fraction of sp³-hybridized carbons (Fsp3) is 0.562. The predicted octanol–water partition coefficient (Wildman–Crippen LogP) is -8.34. The lowest BCUT2D eigenvalue weighted by atomic mass is 10.0. The zero-order valence-electron chi connectivity index (χ0n) is 58.5. The molecule has 38 nitrogen and oxygen atoms in total. The lowest BCUT2D eigenvalue weighted by Gasteiger charge is -2.27. The normalized spacial score (nSPS) is 18.5. The smallest absolute Gasteiger partial charge is 0.245 e. The molecule has 0 radical (unpaired) electrons. The van der Waals surface area contributed by atoms with Crippen LogP contribution in [0.25, 0.3) is 0 Å². The van der Waals surface area contributed by atoms with E-state index < -0.39 is 175 Å². The van der Waals surface area contributed by atoms with Gasteiger partial charge in [-0.15, -0.1) is 0 Å². The average Bonchev–Trinajstić information content (AvgIpc) is 1.00. The molecule has 1 aliphatic heterocycles. The number of nitrogens with zero attached hydrogens (tertiary/aromatic N) is 2. The number of aliphatic imine (C=N–C) groups is 2. The number of nitrogens with two attached hydrogens (primary N) is 8. The molecule has 12 atom stereocenters. The van der Waals surface area contributed by atoms with Crippen LogP contribution in [0.15, 0.2) is 70.6 Å². The van der Waals surface area contributed by atoms with E-state index in [4.69, 9.17) is 45.9 Å². The second kappa shape index (κ2) is 48.1. The molecule has 0 aliphatic carbocycles. The molecule has 1 saturated heterocycles. The van der Waals surface area contributed by atoms with E-state index in [-0.39, 0.29) is 107 Å². The summed E-state index contributed by atoms with van der Waals surface area (Å²) in [7, 11) is 1.97. The first-order chi connectivity index (χ1) is 49.4. The van der Waals surface area contributed by atoms with E-state index in [1.165, 1.54) is 20.8 Å². The van der Waals surface area contributed by atoms with Gasteiger partial charge < -0.3 is 120 Å². The van der Waals surface area contributed by atoms with E-state index in [1.54, 1.807) is 54.6 Å². The Balaban J connectivity index is 1.78. The number of unbranched alkanes of at least 4 members (excludes halogenated alkanes) is 2. The third-order valence-electron chi connectivity index (χ3n) is 15.6. The molecule has 2 aromatic carbocycles. The maximum Gasteiger partial charge on any atom is 0.245 e. The average molecular weight is 1500 g/mol. The number of guanidine groups is 2. The van der Waals surface area contributed by atoms with E-state index in [2.05, 4.69) is 79.1 Å². The minimum Gasteiger partial charge on any atom is -0.391 e. The fourth-order valence-electron chi connectivity index (χ4n) is 9.84. The molecule has 14 amide bonds. The highest BCUT2D eigenvalue weighted by Gasteiger charge is 2.36. The van der Waals surface area contributed by atoms with E-state index in [1.807, 2.05) is 6.07 Å². The summed E-state index contributed by atoms with van der Waals surface area (Å²) in [6.07, 6.45) is 0.0338. The Morgan fingerprint density at radius 3 is 1.62 bits per heavy atom. The van der Waals surface area contributed by atoms with Crippen LogP contribution in [0, 0.1) is 0 Å². The van der Waals surface area contributed by atoms with Crippen molar-refractivity contribution in [2.45, 2.75) is 170 Å². The van der Waals surface area contributed by atoms with Crippen molar-refractivity contribution in [2.75, 3.05) is 57.3 Å². The van der Waals surface area contributed by atoms with Crippen molar-refractivity contribution in [3.8, 4) is 0 Å². The van der Waals surface area contributed by atoms with Crippen LogP contribution in [0.2, 0.25) is 0 Å². The molecule has 1 fully saturated rings. The van der Waals surface area contributed by atoms with Crippen LogP contribution in [-0.4, -0.2) is 230 Å². The van der Waals surface area contributed by atoms with Gasteiger partial charge in [0.1, 0.15) is 60.4 Å². The number of hydrogen-bond donors (Lipinski definition) is 22. The number of aliphatic hydroxyl groups excluding tert-OH is 1. The molecule has 40 heteroatoms. The van der Waals surface area contributed by atoms with Crippen molar-refractivity contribution >= 4 is 116 Å². The summed E-state index contributed by atoms with van der Waals surface area (Å²) in [5, 5.41) is 43.2. The van der Waals surface area contributed by atoms with Gasteiger partial charge >= 0.3 is 0 Å². The van der Waals surface area contributed by atoms with Crippen LogP contribution < -0.4 is 115 Å². The van der Waals surface area contributed by atoms with Crippen molar-refractivity contribution in [1.29, 1.82) is 0 Å². The molecular formula is C64H103N23O15S2. The van der Waals surface area contributed by atoms with E-state index >= 15 is 0 Å². The minimum absolute atomic E-state index is 0.0288. The maximum absolute atomic E-state index is 14.5. The van der Waals surface area contributed by atoms with Crippen LogP contribution in [0.3, 0.4) is 0 Å². The Bertz CT molecular complexity index is 3240. The number of amides is 14. The molecule has 104 heavy (non-hydrogen) atoms. The van der Waals surface area contributed by atoms with Gasteiger partial charge in [-0.3, -0.25) is 77.1 Å². The second-order valence-electron chi connectivity index (χ2n) is 24.4. The standard InChI is InChI=1S/C64H103N23O15S2/c1-35(78-49(90)32-77-62(102)51(37(3)88)87-60(100)45(29-39-18-8-5-9-19-39)80-50(91)31-75-48(89)30-76-55(95)40(67)28-38-16-6-4-7-17-38)53(93)81-43(22-14-26-73-63(69)70)56(96)84-42(21-11-13-25-66)59(99)86-47-34-104-103-33-46(52(68)92)85-58(98)41(20-10-12-24-65)83-57(97)44(23-15-27-74-64(71)72)82-54(94)36(2)79-61(47)101/h4-9,16-19,35-37,40-47,51,88H,10-15,20-34,65-67H2,1-3H3,(H2,68,92)(H,75,89)(H,76,95)(H,77,102)(H,78,90)(H,79,101)(H,80,91)(H,81,93)(H,82,94)(H,83,97)(H,84,96)(H,85,98)(H,86,99)(H,87,100)(H4,69,70,73)(H4,71,72,74)/t35-,36-,37+,40-,41-,42-,43-,44-,45-,46+,47-,51-/m0/s1. The molecule has 576 valence electrons. The van der Waals surface area contributed by atoms with Gasteiger partial charge in [0.2, 0.25) is 82.7 Å². The van der Waals surface area contributed by atoms with Crippen LogP contribution in [-0.2, 0) is 80.0 Å². The van der Waals surface area contributed by atoms with Gasteiger partial charge in [0.05, 0.1) is 31.8 Å². The molecule has 1 aliphatic rings. The Morgan fingerprint density at radius 2 is 1.02 bits per heavy atom. The molecule has 0 aromatic heterocycles. The van der Waals surface area contributed by atoms with Crippen molar-refractivity contribution in [1.82, 2.24) is 69.1 Å². The Kier molecular flexibility index (Phi) is 40.9. The lowest BCUT2D eigenvalue weighted by molar-refractivity contribution is -0.135. The lowest BCUT2D eigenvalue weighted by Crippen LogP contribution is -2.60. The van der Waals surface area contributed by atoms with Gasteiger partial charge in [0.15, 0.2) is 11.9 Å². The Hall–Kier alpha value is -9.90. The van der Waals surface area contributed by atoms with Crippen LogP contribution in [0.1, 0.15) is 96.1 Å². The largest absolute Gasteiger partial charge is 0.391 e. The number of hydrogen-bond acceptors (Lipinski definition) is 22. The summed E-state index contributed by atoms with van der Waals surface area (Å²) in [4.78, 5) is 198. The van der Waals surface area contributed by atoms with Gasteiger partial charge in [-0.1, -0.05) is 82.3 Å². The second-order valence-corrected chi connectivity index (χ2v) is 26.9. The minimum atomic E-state index is -1.73. The quantitative estimate of drug-likeness (QED) is 0.0128. The molecule has 0 unspecified atom stereocenters. The van der Waals surface area contributed by atoms with Crippen LogP contribution in [0.4, 0.5) is 0 Å². The van der Waals surface area contributed by atoms with E-state index in [0.717, 1.165) is 27.2 Å². The van der Waals surface area contributed by atoms with Crippen molar-refractivity contribution in [3.05, 3.63) is 71.8 Å². The van der Waals surface area contributed by atoms with Crippen molar-refractivity contribution in [3.63, 3.8) is 0 Å². The zero-order valence-corrected chi connectivity index (χ0v) is 60.2. The van der Waals surface area contributed by atoms with E-state index in [0.29, 0.717) is 24.8 Å². The SMILES string of the molecule is C[C@H](NC(=O)CNC(=O)[C@@H](NC(=O)[C@H](Cc1ccccc1)NC(=O)CNC(=O)CNC(=O)[C@@H](N)Cc1ccccc1)[C@@H](C)O)C(=O)N[C@@H](CCCN=C(N)N)C(=O)N[C@@H](CCCCN)C(=O)N[C@H]1CSSC[C@H](C(N)=O)NC(=O)[C@H](CCCCN)NC(=O)[C@H](CCCN=C(N)N)NC(=O)[C@H](C)NC1=O. The highest BCUT2D eigenvalue weighted by molar-refractivity contribution is 8.76. The molecule has 0 saturated carbocycles. The summed E-state index contributed by atoms with van der Waals surface area (Å²) < 4.78 is 0. The van der Waals surface area contributed by atoms with Gasteiger partial charge in [-0.2, -0.15) is 0 Å². The van der Waals surface area contributed by atoms with Crippen LogP contribution in [0.5, 0.6) is 0 Å². The number of nitrogens with one attached hydrogen (secondary N) is 13. The maximum atomic E-state index is 14.5. The summed E-state index contributed by atoms with van der Waals surface area (Å²) in [6, 6.07) is 2.29. The molecule has 30 N–H and O–H groups in total. The topological polar surface area (TPSA) is 648 Å². The van der Waals surface area contributed by atoms with Gasteiger partial charge in [-0.05, 0) is 116 Å². The third kappa shape index (κ3) is 34.8. The molecule has 0 bridgehead atoms. The Labute approximate surface area is 610 Å². The molecule has 1 heterocycles. The Morgan fingerprint density at radius 1 is 0.519 bits per heavy atom. The number of carbonyl (C=O) groups excluding carboxylic acids is 14. The molecule has 0 spiro atoms. The van der Waals surface area contributed by atoms with E-state index in [9.17, 15) is 72.2 Å². The van der Waals surface area contributed by atoms with Crippen LogP contribution >= 0.6 is 21.6 Å². The van der Waals surface area contributed by atoms with Gasteiger partial charge in [0, 0.05) is 31.0 Å². The number of primary amides is 1. The fourth-order valence-corrected chi connectivity index (χ4v) is 12.2. The number of rotatable bonds is 40. The van der Waals surface area contributed by atoms with Crippen molar-refractivity contribution in [2.24, 2.45) is 55.9 Å². The number of carbonyl (C=O) groups is 14. The molecular weight excluding hydrogens is 1390 g/mol. The summed E-state index contributed by atoms with van der Waals surface area (Å²) in [5.74, 6) is -13.1. The van der Waals surface area contributed by atoms with Gasteiger partial charge in [-0.25, -0.2) is 0 Å². The van der Waals surface area contributed by atoms with Gasteiger partial charge in [0.25, 0.3) is 0 Å². The number of benzene rings is 2. The summed E-state index contributed by atoms with van der Waals surface area (Å²) in [6.45, 7) is 2.25. The molecule has 3 rings (SSSR count).